The number of benzene rings is 4. The second-order valence-electron chi connectivity index (χ2n) is 13.8. The lowest BCUT2D eigenvalue weighted by atomic mass is 9.97. The van der Waals surface area contributed by atoms with Crippen LogP contribution >= 0.6 is 0 Å². The van der Waals surface area contributed by atoms with Gasteiger partial charge in [-0.2, -0.15) is 0 Å². The van der Waals surface area contributed by atoms with Gasteiger partial charge in [-0.25, -0.2) is 20.2 Å². The van der Waals surface area contributed by atoms with Gasteiger partial charge in [0.1, 0.15) is 18.0 Å². The number of fused-ring (bicyclic) bond motifs is 2. The highest BCUT2D eigenvalue weighted by atomic mass is 16.3. The minimum Gasteiger partial charge on any atom is -0.508 e. The zero-order valence-electron chi connectivity index (χ0n) is 30.8. The van der Waals surface area contributed by atoms with Gasteiger partial charge in [-0.05, 0) is 46.5 Å². The molecule has 3 heterocycles. The van der Waals surface area contributed by atoms with Crippen LogP contribution in [0.4, 0.5) is 4.79 Å². The van der Waals surface area contributed by atoms with E-state index in [9.17, 15) is 24.3 Å². The van der Waals surface area contributed by atoms with Crippen LogP contribution in [0.3, 0.4) is 0 Å². The predicted octanol–water partition coefficient (Wildman–Crippen LogP) is 4.15. The number of nitrogens with one attached hydrogen (secondary N) is 3. The van der Waals surface area contributed by atoms with E-state index < -0.39 is 18.2 Å². The Labute approximate surface area is 319 Å². The van der Waals surface area contributed by atoms with Crippen molar-refractivity contribution in [2.45, 2.75) is 31.7 Å². The Kier molecular flexibility index (Phi) is 10.7. The van der Waals surface area contributed by atoms with E-state index in [0.717, 1.165) is 38.7 Å². The average Bonchev–Trinajstić information content (AvgIpc) is 3.53. The molecule has 0 unspecified atom stereocenters. The van der Waals surface area contributed by atoms with Crippen molar-refractivity contribution in [3.05, 3.63) is 138 Å². The number of para-hydroxylation sites is 1. The number of amides is 5. The van der Waals surface area contributed by atoms with E-state index in [1.54, 1.807) is 69.3 Å². The molecule has 0 saturated carbocycles. The average molecular weight is 741 g/mol. The summed E-state index contributed by atoms with van der Waals surface area (Å²) in [6.45, 7) is 4.60. The topological polar surface area (TPSA) is 142 Å². The molecule has 2 fully saturated rings. The number of aromatic nitrogens is 1. The van der Waals surface area contributed by atoms with Crippen LogP contribution in [0, 0.1) is 0 Å². The standard InChI is InChI=1S/C42H44N8O5/c1-4-21-48-27-38(52)49-36(22-28-13-19-33(51)20-14-28)41(54)47(26-37(49)50(48)42(55)44-23-29-9-6-5-7-10-29)24-32-11-8-12-34-35(25-46(3)39(32)34)30-15-17-31(18-16-30)40(53)45-43-2/h4-20,25,36-37,43,51H,1,21-24,26-27H2,2-3H3,(H,44,55)(H,45,53)/t36-,37-/m0/s1. The zero-order valence-corrected chi connectivity index (χ0v) is 30.8. The van der Waals surface area contributed by atoms with E-state index in [1.165, 1.54) is 0 Å². The molecule has 2 aliphatic heterocycles. The van der Waals surface area contributed by atoms with Gasteiger partial charge in [-0.1, -0.05) is 78.9 Å². The molecule has 0 spiro atoms. The van der Waals surface area contributed by atoms with Gasteiger partial charge in [0.2, 0.25) is 11.8 Å². The number of piperazine rings is 1. The largest absolute Gasteiger partial charge is 0.508 e. The SMILES string of the molecule is C=CCN1CC(=O)N2[C@@H](Cc3ccc(O)cc3)C(=O)N(Cc3cccc4c(-c5ccc(C(=O)NNC)cc5)cn(C)c34)C[C@@H]2N1C(=O)NCc1ccccc1. The number of hydrazine groups is 2. The number of rotatable bonds is 11. The summed E-state index contributed by atoms with van der Waals surface area (Å²) >= 11 is 0. The van der Waals surface area contributed by atoms with Gasteiger partial charge < -0.3 is 24.8 Å². The first-order valence-electron chi connectivity index (χ1n) is 18.2. The predicted molar refractivity (Wildman–Crippen MR) is 209 cm³/mol. The third-order valence-corrected chi connectivity index (χ3v) is 10.2. The second kappa shape index (κ2) is 15.9. The third-order valence-electron chi connectivity index (χ3n) is 10.2. The van der Waals surface area contributed by atoms with Crippen molar-refractivity contribution in [1.82, 2.24) is 40.6 Å². The van der Waals surface area contributed by atoms with Crippen LogP contribution in [-0.4, -0.2) is 92.1 Å². The van der Waals surface area contributed by atoms with Crippen molar-refractivity contribution in [3.8, 4) is 16.9 Å². The van der Waals surface area contributed by atoms with Crippen LogP contribution in [0.5, 0.6) is 5.75 Å². The van der Waals surface area contributed by atoms with Gasteiger partial charge in [0.25, 0.3) is 5.91 Å². The van der Waals surface area contributed by atoms with Crippen molar-refractivity contribution in [2.24, 2.45) is 7.05 Å². The van der Waals surface area contributed by atoms with Crippen LogP contribution < -0.4 is 16.2 Å². The van der Waals surface area contributed by atoms with Crippen molar-refractivity contribution >= 4 is 34.7 Å². The lowest BCUT2D eigenvalue weighted by Gasteiger charge is -2.55. The van der Waals surface area contributed by atoms with E-state index in [-0.39, 0.29) is 62.6 Å². The molecule has 2 saturated heterocycles. The number of nitrogens with zero attached hydrogens (tertiary/aromatic N) is 5. The summed E-state index contributed by atoms with van der Waals surface area (Å²) in [5.74, 6) is -0.637. The van der Waals surface area contributed by atoms with Crippen LogP contribution in [0.25, 0.3) is 22.0 Å². The van der Waals surface area contributed by atoms with Gasteiger partial charge in [-0.15, -0.1) is 6.58 Å². The Balaban J connectivity index is 1.24. The van der Waals surface area contributed by atoms with Crippen molar-refractivity contribution in [2.75, 3.05) is 26.7 Å². The molecule has 4 aromatic carbocycles. The molecule has 4 N–H and O–H groups in total. The van der Waals surface area contributed by atoms with Gasteiger partial charge in [0.05, 0.1) is 18.6 Å². The van der Waals surface area contributed by atoms with E-state index >= 15 is 0 Å². The number of hydrogen-bond acceptors (Lipinski definition) is 7. The number of urea groups is 1. The number of hydrogen-bond donors (Lipinski definition) is 4. The minimum atomic E-state index is -0.909. The molecule has 0 radical (unpaired) electrons. The first-order valence-corrected chi connectivity index (χ1v) is 18.2. The smallest absolute Gasteiger partial charge is 0.334 e. The Morgan fingerprint density at radius 2 is 1.67 bits per heavy atom. The van der Waals surface area contributed by atoms with E-state index in [1.807, 2.05) is 78.5 Å². The van der Waals surface area contributed by atoms with Crippen molar-refractivity contribution < 1.29 is 24.3 Å². The third kappa shape index (κ3) is 7.52. The Morgan fingerprint density at radius 1 is 0.927 bits per heavy atom. The lowest BCUT2D eigenvalue weighted by Crippen LogP contribution is -2.76. The van der Waals surface area contributed by atoms with E-state index in [2.05, 4.69) is 22.7 Å². The quantitative estimate of drug-likeness (QED) is 0.118. The minimum absolute atomic E-state index is 0.0763. The molecule has 282 valence electrons. The first kappa shape index (κ1) is 36.9. The summed E-state index contributed by atoms with van der Waals surface area (Å²) in [7, 11) is 3.60. The summed E-state index contributed by atoms with van der Waals surface area (Å²) in [5.41, 5.74) is 11.2. The van der Waals surface area contributed by atoms with Gasteiger partial charge in [0.15, 0.2) is 0 Å². The molecule has 0 bridgehead atoms. The molecule has 5 amide bonds. The molecule has 1 aromatic heterocycles. The van der Waals surface area contributed by atoms with Crippen molar-refractivity contribution in [1.29, 1.82) is 0 Å². The Bertz CT molecular complexity index is 2220. The van der Waals surface area contributed by atoms with Gasteiger partial charge in [0, 0.05) is 62.9 Å². The number of phenols is 1. The molecular formula is C42H44N8O5. The first-order chi connectivity index (χ1) is 26.7. The molecule has 55 heavy (non-hydrogen) atoms. The normalized spacial score (nSPS) is 17.3. The summed E-state index contributed by atoms with van der Waals surface area (Å²) in [6, 6.07) is 28.2. The number of carbonyl (C=O) groups excluding carboxylic acids is 4. The Hall–Kier alpha value is -6.44. The van der Waals surface area contributed by atoms with Crippen LogP contribution in [0.15, 0.2) is 116 Å². The van der Waals surface area contributed by atoms with Crippen LogP contribution in [-0.2, 0) is 36.1 Å². The highest BCUT2D eigenvalue weighted by Crippen LogP contribution is 2.35. The maximum atomic E-state index is 14.7. The lowest BCUT2D eigenvalue weighted by molar-refractivity contribution is -0.189. The van der Waals surface area contributed by atoms with Crippen LogP contribution in [0.1, 0.15) is 27.0 Å². The fraction of sp³-hybridized carbons (Fsp3) is 0.238. The second-order valence-corrected chi connectivity index (χ2v) is 13.8. The number of aromatic hydroxyl groups is 1. The molecule has 5 aromatic rings. The summed E-state index contributed by atoms with van der Waals surface area (Å²) in [4.78, 5) is 58.5. The maximum Gasteiger partial charge on any atom is 0.334 e. The molecule has 2 aliphatic rings. The zero-order chi connectivity index (χ0) is 38.6. The van der Waals surface area contributed by atoms with Crippen molar-refractivity contribution in [3.63, 3.8) is 0 Å². The molecule has 13 nitrogen and oxygen atoms in total. The molecule has 0 aliphatic carbocycles. The monoisotopic (exact) mass is 740 g/mol. The Morgan fingerprint density at radius 3 is 2.38 bits per heavy atom. The van der Waals surface area contributed by atoms with Gasteiger partial charge in [-0.3, -0.25) is 19.8 Å². The maximum absolute atomic E-state index is 14.7. The summed E-state index contributed by atoms with van der Waals surface area (Å²) < 4.78 is 2.04. The molecule has 2 atom stereocenters. The van der Waals surface area contributed by atoms with Gasteiger partial charge >= 0.3 is 6.03 Å². The molecule has 13 heteroatoms. The fourth-order valence-electron chi connectivity index (χ4n) is 7.66. The number of carbonyl (C=O) groups is 4. The highest BCUT2D eigenvalue weighted by molar-refractivity contribution is 5.99. The molecular weight excluding hydrogens is 697 g/mol. The number of aryl methyl sites for hydroxylation is 1. The summed E-state index contributed by atoms with van der Waals surface area (Å²) in [6.07, 6.45) is 3.08. The number of phenolic OH excluding ortho intramolecular Hbond substituents is 1. The van der Waals surface area contributed by atoms with Crippen LogP contribution in [0.2, 0.25) is 0 Å². The fourth-order valence-corrected chi connectivity index (χ4v) is 7.66. The van der Waals surface area contributed by atoms with E-state index in [0.29, 0.717) is 5.56 Å². The summed E-state index contributed by atoms with van der Waals surface area (Å²) in [5, 5.41) is 17.2. The van der Waals surface area contributed by atoms with E-state index in [4.69, 9.17) is 0 Å². The highest BCUT2D eigenvalue weighted by Gasteiger charge is 2.51. The molecule has 7 rings (SSSR count).